The number of carbonyl (C=O) groups excluding carboxylic acids is 1. The molecule has 3 nitrogen and oxygen atoms in total. The van der Waals surface area contributed by atoms with Crippen molar-refractivity contribution in [3.8, 4) is 0 Å². The zero-order chi connectivity index (χ0) is 21.8. The number of halogens is 2. The maximum atomic E-state index is 11.6. The molecule has 3 aromatic rings. The van der Waals surface area contributed by atoms with Crippen LogP contribution in [0.25, 0.3) is 0 Å². The van der Waals surface area contributed by atoms with Crippen LogP contribution in [0.1, 0.15) is 40.8 Å². The Morgan fingerprint density at radius 2 is 1.81 bits per heavy atom. The fourth-order valence-corrected chi connectivity index (χ4v) is 5.82. The average Bonchev–Trinajstić information content (AvgIpc) is 2.78. The Balaban J connectivity index is 1.68. The summed E-state index contributed by atoms with van der Waals surface area (Å²) < 4.78 is 4.79. The van der Waals surface area contributed by atoms with Crippen molar-refractivity contribution >= 4 is 46.6 Å². The molecular formula is C25H23Cl2NO2S. The molecular weight excluding hydrogens is 449 g/mol. The number of nitrogens with one attached hydrogen (secondary N) is 1. The molecule has 4 rings (SSSR count). The molecule has 2 unspecified atom stereocenters. The Morgan fingerprint density at radius 3 is 2.52 bits per heavy atom. The van der Waals surface area contributed by atoms with E-state index in [1.54, 1.807) is 0 Å². The van der Waals surface area contributed by atoms with Crippen molar-refractivity contribution < 1.29 is 9.53 Å². The van der Waals surface area contributed by atoms with Gasteiger partial charge in [0, 0.05) is 37.9 Å². The normalized spacial score (nSPS) is 17.5. The highest BCUT2D eigenvalue weighted by Gasteiger charge is 2.30. The molecule has 1 aliphatic heterocycles. The first kappa shape index (κ1) is 22.1. The van der Waals surface area contributed by atoms with Crippen LogP contribution in [-0.4, -0.2) is 13.1 Å². The van der Waals surface area contributed by atoms with Gasteiger partial charge in [-0.2, -0.15) is 0 Å². The summed E-state index contributed by atoms with van der Waals surface area (Å²) in [7, 11) is 1.42. The maximum Gasteiger partial charge on any atom is 0.305 e. The molecule has 0 spiro atoms. The third kappa shape index (κ3) is 5.20. The molecule has 31 heavy (non-hydrogen) atoms. The number of fused-ring (bicyclic) bond motifs is 1. The minimum absolute atomic E-state index is 0.0100. The number of ether oxygens (including phenoxy) is 1. The van der Waals surface area contributed by atoms with E-state index in [1.165, 1.54) is 17.6 Å². The lowest BCUT2D eigenvalue weighted by Gasteiger charge is -2.34. The van der Waals surface area contributed by atoms with Gasteiger partial charge in [-0.3, -0.25) is 4.79 Å². The SMILES string of the molecule is COC(=O)CCc1ccc2c(c1)C(Sc1ccccc1)CC(c1c(Cl)cccc1Cl)N2. The van der Waals surface area contributed by atoms with E-state index in [2.05, 4.69) is 47.8 Å². The lowest BCUT2D eigenvalue weighted by Crippen LogP contribution is -2.21. The highest BCUT2D eigenvalue weighted by atomic mass is 35.5. The average molecular weight is 472 g/mol. The van der Waals surface area contributed by atoms with Crippen LogP contribution in [-0.2, 0) is 16.0 Å². The van der Waals surface area contributed by atoms with E-state index in [9.17, 15) is 4.79 Å². The number of benzene rings is 3. The van der Waals surface area contributed by atoms with Crippen molar-refractivity contribution in [3.63, 3.8) is 0 Å². The Bertz CT molecular complexity index is 1050. The van der Waals surface area contributed by atoms with Crippen molar-refractivity contribution in [2.45, 2.75) is 35.4 Å². The van der Waals surface area contributed by atoms with E-state index in [4.69, 9.17) is 27.9 Å². The molecule has 0 saturated carbocycles. The first-order valence-electron chi connectivity index (χ1n) is 10.2. The Labute approximate surface area is 197 Å². The molecule has 0 amide bonds. The molecule has 2 atom stereocenters. The zero-order valence-electron chi connectivity index (χ0n) is 17.1. The van der Waals surface area contributed by atoms with E-state index < -0.39 is 0 Å². The van der Waals surface area contributed by atoms with E-state index in [0.29, 0.717) is 22.9 Å². The maximum absolute atomic E-state index is 11.6. The first-order chi connectivity index (χ1) is 15.0. The zero-order valence-corrected chi connectivity index (χ0v) is 19.4. The van der Waals surface area contributed by atoms with E-state index >= 15 is 0 Å². The number of hydrogen-bond donors (Lipinski definition) is 1. The molecule has 160 valence electrons. The predicted molar refractivity (Wildman–Crippen MR) is 129 cm³/mol. The van der Waals surface area contributed by atoms with Gasteiger partial charge in [0.15, 0.2) is 0 Å². The molecule has 1 N–H and O–H groups in total. The Hall–Kier alpha value is -2.14. The summed E-state index contributed by atoms with van der Waals surface area (Å²) >= 11 is 14.9. The van der Waals surface area contributed by atoms with Crippen molar-refractivity contribution in [1.82, 2.24) is 0 Å². The fourth-order valence-electron chi connectivity index (χ4n) is 3.91. The van der Waals surface area contributed by atoms with Crippen LogP contribution in [0.4, 0.5) is 5.69 Å². The van der Waals surface area contributed by atoms with Crippen molar-refractivity contribution in [2.24, 2.45) is 0 Å². The molecule has 0 radical (unpaired) electrons. The number of rotatable bonds is 6. The topological polar surface area (TPSA) is 38.3 Å². The van der Waals surface area contributed by atoms with Crippen LogP contribution in [0.5, 0.6) is 0 Å². The van der Waals surface area contributed by atoms with Crippen LogP contribution in [0, 0.1) is 0 Å². The summed E-state index contributed by atoms with van der Waals surface area (Å²) in [5.74, 6) is -0.195. The molecule has 6 heteroatoms. The molecule has 0 aromatic heterocycles. The summed E-state index contributed by atoms with van der Waals surface area (Å²) in [5, 5.41) is 5.20. The number of aryl methyl sites for hydroxylation is 1. The highest BCUT2D eigenvalue weighted by molar-refractivity contribution is 7.99. The van der Waals surface area contributed by atoms with Crippen LogP contribution < -0.4 is 5.32 Å². The largest absolute Gasteiger partial charge is 0.469 e. The van der Waals surface area contributed by atoms with Gasteiger partial charge in [-0.15, -0.1) is 11.8 Å². The van der Waals surface area contributed by atoms with Gasteiger partial charge in [-0.1, -0.05) is 59.6 Å². The minimum atomic E-state index is -0.195. The highest BCUT2D eigenvalue weighted by Crippen LogP contribution is 2.50. The van der Waals surface area contributed by atoms with Gasteiger partial charge in [-0.25, -0.2) is 0 Å². The van der Waals surface area contributed by atoms with Gasteiger partial charge in [0.05, 0.1) is 13.2 Å². The fraction of sp³-hybridized carbons (Fsp3) is 0.240. The quantitative estimate of drug-likeness (QED) is 0.377. The van der Waals surface area contributed by atoms with Crippen LogP contribution >= 0.6 is 35.0 Å². The summed E-state index contributed by atoms with van der Waals surface area (Å²) in [5.41, 5.74) is 4.36. The smallest absolute Gasteiger partial charge is 0.305 e. The van der Waals surface area contributed by atoms with Crippen molar-refractivity contribution in [2.75, 3.05) is 12.4 Å². The monoisotopic (exact) mass is 471 g/mol. The third-order valence-electron chi connectivity index (χ3n) is 5.46. The van der Waals surface area contributed by atoms with Crippen LogP contribution in [0.15, 0.2) is 71.6 Å². The first-order valence-corrected chi connectivity index (χ1v) is 11.8. The van der Waals surface area contributed by atoms with Gasteiger partial charge < -0.3 is 10.1 Å². The van der Waals surface area contributed by atoms with Gasteiger partial charge in [0.1, 0.15) is 0 Å². The Morgan fingerprint density at radius 1 is 1.06 bits per heavy atom. The van der Waals surface area contributed by atoms with Crippen LogP contribution in [0.2, 0.25) is 10.0 Å². The second kappa shape index (κ2) is 9.99. The summed E-state index contributed by atoms with van der Waals surface area (Å²) in [6.45, 7) is 0. The summed E-state index contributed by atoms with van der Waals surface area (Å²) in [6.07, 6.45) is 1.87. The predicted octanol–water partition coefficient (Wildman–Crippen LogP) is 7.49. The number of carbonyl (C=O) groups is 1. The second-order valence-corrected chi connectivity index (χ2v) is 9.58. The molecule has 3 aromatic carbocycles. The Kier molecular flexibility index (Phi) is 7.11. The van der Waals surface area contributed by atoms with Crippen molar-refractivity contribution in [1.29, 1.82) is 0 Å². The third-order valence-corrected chi connectivity index (χ3v) is 7.39. The number of thioether (sulfide) groups is 1. The van der Waals surface area contributed by atoms with Gasteiger partial charge in [-0.05, 0) is 54.3 Å². The lowest BCUT2D eigenvalue weighted by molar-refractivity contribution is -0.140. The minimum Gasteiger partial charge on any atom is -0.469 e. The summed E-state index contributed by atoms with van der Waals surface area (Å²) in [6, 6.07) is 22.4. The number of anilines is 1. The van der Waals surface area contributed by atoms with Gasteiger partial charge in [0.2, 0.25) is 0 Å². The van der Waals surface area contributed by atoms with E-state index in [0.717, 1.165) is 23.2 Å². The molecule has 0 aliphatic carbocycles. The number of methoxy groups -OCH3 is 1. The lowest BCUT2D eigenvalue weighted by atomic mass is 9.91. The van der Waals surface area contributed by atoms with Crippen LogP contribution in [0.3, 0.4) is 0 Å². The molecule has 1 aliphatic rings. The second-order valence-electron chi connectivity index (χ2n) is 7.49. The number of esters is 1. The summed E-state index contributed by atoms with van der Waals surface area (Å²) in [4.78, 5) is 12.8. The van der Waals surface area contributed by atoms with Crippen molar-refractivity contribution in [3.05, 3.63) is 93.5 Å². The molecule has 1 heterocycles. The van der Waals surface area contributed by atoms with E-state index in [-0.39, 0.29) is 17.3 Å². The van der Waals surface area contributed by atoms with Gasteiger partial charge >= 0.3 is 5.97 Å². The molecule has 0 fully saturated rings. The molecule has 0 saturated heterocycles. The molecule has 0 bridgehead atoms. The van der Waals surface area contributed by atoms with E-state index in [1.807, 2.05) is 36.0 Å². The number of hydrogen-bond acceptors (Lipinski definition) is 4. The van der Waals surface area contributed by atoms with Gasteiger partial charge in [0.25, 0.3) is 0 Å². The standard InChI is InChI=1S/C25H23Cl2NO2S/c1-30-24(29)13-11-16-10-12-21-18(14-16)23(31-17-6-3-2-4-7-17)15-22(28-21)25-19(26)8-5-9-20(25)27/h2-10,12,14,22-23,28H,11,13,15H2,1H3.